The van der Waals surface area contributed by atoms with Crippen molar-refractivity contribution in [2.45, 2.75) is 72.1 Å². The number of ether oxygens (including phenoxy) is 2. The molecule has 3 N–H and O–H groups in total. The van der Waals surface area contributed by atoms with E-state index < -0.39 is 11.6 Å². The second-order valence-electron chi connectivity index (χ2n) is 10.3. The van der Waals surface area contributed by atoms with Crippen LogP contribution < -0.4 is 15.4 Å². The molecule has 0 atom stereocenters. The number of esters is 1. The fourth-order valence-electron chi connectivity index (χ4n) is 4.60. The van der Waals surface area contributed by atoms with E-state index in [2.05, 4.69) is 26.7 Å². The van der Waals surface area contributed by atoms with Gasteiger partial charge in [0.15, 0.2) is 0 Å². The van der Waals surface area contributed by atoms with Gasteiger partial charge in [0.2, 0.25) is 0 Å². The van der Waals surface area contributed by atoms with E-state index in [1.165, 1.54) is 5.56 Å². The Bertz CT molecular complexity index is 1270. The number of carbonyl (C=O) groups excluding carboxylic acids is 2. The first-order valence-corrected chi connectivity index (χ1v) is 12.8. The number of nitrogens with zero attached hydrogens (tertiary/aromatic N) is 1. The normalized spacial score (nSPS) is 12.7. The van der Waals surface area contributed by atoms with Crippen LogP contribution in [0.3, 0.4) is 0 Å². The molecule has 2 heterocycles. The summed E-state index contributed by atoms with van der Waals surface area (Å²) in [4.78, 5) is 34.3. The first-order chi connectivity index (χ1) is 17.7. The van der Waals surface area contributed by atoms with Gasteiger partial charge >= 0.3 is 5.97 Å². The number of aromatic amines is 1. The largest absolute Gasteiger partial charge is 0.497 e. The van der Waals surface area contributed by atoms with Gasteiger partial charge in [-0.3, -0.25) is 9.78 Å². The van der Waals surface area contributed by atoms with Gasteiger partial charge in [0.05, 0.1) is 19.2 Å². The SMILES string of the molecule is CCc1c(C(=O)OC(C)(C)C)[nH]c(CNc2ccc(OC)cc2)c1C(=O)NCc1cnc2c(c1)CCC2. The highest BCUT2D eigenvalue weighted by molar-refractivity contribution is 6.01. The quantitative estimate of drug-likeness (QED) is 0.356. The van der Waals surface area contributed by atoms with Crippen LogP contribution in [0.2, 0.25) is 0 Å². The number of methoxy groups -OCH3 is 1. The molecule has 37 heavy (non-hydrogen) atoms. The Labute approximate surface area is 218 Å². The fourth-order valence-corrected chi connectivity index (χ4v) is 4.60. The number of nitrogens with one attached hydrogen (secondary N) is 3. The standard InChI is InChI=1S/C29H36N4O4/c1-6-22-25(27(34)32-16-18-14-19-8-7-9-23(19)31-15-18)24(33-26(22)28(35)37-29(2,3)4)17-30-20-10-12-21(36-5)13-11-20/h10-15,30,33H,6-9,16-17H2,1-5H3,(H,32,34). The minimum absolute atomic E-state index is 0.241. The lowest BCUT2D eigenvalue weighted by atomic mass is 10.0. The van der Waals surface area contributed by atoms with Crippen LogP contribution in [0.5, 0.6) is 5.75 Å². The molecule has 0 unspecified atom stereocenters. The zero-order chi connectivity index (χ0) is 26.6. The van der Waals surface area contributed by atoms with Crippen molar-refractivity contribution in [3.8, 4) is 5.75 Å². The number of anilines is 1. The van der Waals surface area contributed by atoms with Crippen molar-refractivity contribution in [2.24, 2.45) is 0 Å². The first kappa shape index (κ1) is 26.3. The predicted octanol–water partition coefficient (Wildman–Crippen LogP) is 4.97. The highest BCUT2D eigenvalue weighted by Gasteiger charge is 2.28. The highest BCUT2D eigenvalue weighted by atomic mass is 16.6. The third kappa shape index (κ3) is 6.31. The number of hydrogen-bond acceptors (Lipinski definition) is 6. The Morgan fingerprint density at radius 2 is 1.86 bits per heavy atom. The molecule has 0 saturated carbocycles. The second kappa shape index (κ2) is 11.1. The Morgan fingerprint density at radius 3 is 2.54 bits per heavy atom. The molecule has 3 aromatic rings. The average Bonchev–Trinajstić information content (AvgIpc) is 3.49. The van der Waals surface area contributed by atoms with E-state index in [9.17, 15) is 9.59 Å². The summed E-state index contributed by atoms with van der Waals surface area (Å²) >= 11 is 0. The number of pyridine rings is 1. The number of aromatic nitrogens is 2. The average molecular weight is 505 g/mol. The number of rotatable bonds is 9. The molecule has 0 aliphatic heterocycles. The molecule has 1 aliphatic rings. The summed E-state index contributed by atoms with van der Waals surface area (Å²) in [6.45, 7) is 8.09. The van der Waals surface area contributed by atoms with Crippen molar-refractivity contribution in [2.75, 3.05) is 12.4 Å². The van der Waals surface area contributed by atoms with Crippen LogP contribution in [0.25, 0.3) is 0 Å². The molecule has 1 aromatic carbocycles. The van der Waals surface area contributed by atoms with E-state index in [1.807, 2.05) is 58.2 Å². The lowest BCUT2D eigenvalue weighted by molar-refractivity contribution is 0.00622. The maximum Gasteiger partial charge on any atom is 0.355 e. The van der Waals surface area contributed by atoms with Gasteiger partial charge in [-0.1, -0.05) is 13.0 Å². The number of amides is 1. The molecule has 0 radical (unpaired) electrons. The van der Waals surface area contributed by atoms with Crippen molar-refractivity contribution in [3.05, 3.63) is 75.9 Å². The molecular weight excluding hydrogens is 468 g/mol. The topological polar surface area (TPSA) is 105 Å². The van der Waals surface area contributed by atoms with E-state index in [0.717, 1.165) is 42.0 Å². The Balaban J connectivity index is 1.59. The van der Waals surface area contributed by atoms with Gasteiger partial charge in [0, 0.05) is 29.8 Å². The van der Waals surface area contributed by atoms with Gasteiger partial charge in [-0.15, -0.1) is 0 Å². The van der Waals surface area contributed by atoms with Crippen LogP contribution in [0.4, 0.5) is 5.69 Å². The number of fused-ring (bicyclic) bond motifs is 1. The van der Waals surface area contributed by atoms with Crippen LogP contribution in [0.15, 0.2) is 36.5 Å². The molecule has 0 saturated heterocycles. The van der Waals surface area contributed by atoms with Crippen LogP contribution in [-0.2, 0) is 37.1 Å². The summed E-state index contributed by atoms with van der Waals surface area (Å²) in [6.07, 6.45) is 5.50. The molecule has 1 amide bonds. The van der Waals surface area contributed by atoms with E-state index >= 15 is 0 Å². The van der Waals surface area contributed by atoms with Gasteiger partial charge < -0.3 is 25.1 Å². The van der Waals surface area contributed by atoms with Gasteiger partial charge in [0.25, 0.3) is 5.91 Å². The van der Waals surface area contributed by atoms with Gasteiger partial charge in [-0.05, 0) is 87.4 Å². The third-order valence-corrected chi connectivity index (χ3v) is 6.35. The summed E-state index contributed by atoms with van der Waals surface area (Å²) in [5.41, 5.74) is 5.64. The highest BCUT2D eigenvalue weighted by Crippen LogP contribution is 2.25. The zero-order valence-electron chi connectivity index (χ0n) is 22.3. The molecule has 4 rings (SSSR count). The lowest BCUT2D eigenvalue weighted by Crippen LogP contribution is -2.26. The van der Waals surface area contributed by atoms with Crippen molar-refractivity contribution in [3.63, 3.8) is 0 Å². The maximum atomic E-state index is 13.5. The summed E-state index contributed by atoms with van der Waals surface area (Å²) in [5.74, 6) is 0.0406. The Morgan fingerprint density at radius 1 is 1.11 bits per heavy atom. The minimum Gasteiger partial charge on any atom is -0.497 e. The van der Waals surface area contributed by atoms with E-state index in [4.69, 9.17) is 9.47 Å². The number of aryl methyl sites for hydroxylation is 2. The molecular formula is C29H36N4O4. The monoisotopic (exact) mass is 504 g/mol. The number of benzene rings is 1. The first-order valence-electron chi connectivity index (χ1n) is 12.8. The molecule has 2 aromatic heterocycles. The van der Waals surface area contributed by atoms with Gasteiger partial charge in [-0.2, -0.15) is 0 Å². The molecule has 196 valence electrons. The molecule has 8 nitrogen and oxygen atoms in total. The van der Waals surface area contributed by atoms with Crippen LogP contribution >= 0.6 is 0 Å². The lowest BCUT2D eigenvalue weighted by Gasteiger charge is -2.19. The number of hydrogen-bond donors (Lipinski definition) is 3. The summed E-state index contributed by atoms with van der Waals surface area (Å²) in [6, 6.07) is 9.65. The summed E-state index contributed by atoms with van der Waals surface area (Å²) in [5, 5.41) is 6.37. The van der Waals surface area contributed by atoms with Crippen LogP contribution in [0.1, 0.15) is 83.0 Å². The van der Waals surface area contributed by atoms with E-state index in [-0.39, 0.29) is 5.91 Å². The van der Waals surface area contributed by atoms with Crippen LogP contribution in [0, 0.1) is 0 Å². The number of H-pyrrole nitrogens is 1. The molecule has 0 bridgehead atoms. The Kier molecular flexibility index (Phi) is 7.86. The number of carbonyl (C=O) groups is 2. The summed E-state index contributed by atoms with van der Waals surface area (Å²) in [7, 11) is 1.62. The van der Waals surface area contributed by atoms with Gasteiger partial charge in [0.1, 0.15) is 17.0 Å². The smallest absolute Gasteiger partial charge is 0.355 e. The van der Waals surface area contributed by atoms with Crippen molar-refractivity contribution < 1.29 is 19.1 Å². The molecule has 1 aliphatic carbocycles. The summed E-state index contributed by atoms with van der Waals surface area (Å²) < 4.78 is 10.9. The van der Waals surface area contributed by atoms with Crippen molar-refractivity contribution >= 4 is 17.6 Å². The fraction of sp³-hybridized carbons (Fsp3) is 0.414. The molecule has 8 heteroatoms. The molecule has 0 fully saturated rings. The zero-order valence-corrected chi connectivity index (χ0v) is 22.3. The van der Waals surface area contributed by atoms with Crippen molar-refractivity contribution in [1.29, 1.82) is 0 Å². The van der Waals surface area contributed by atoms with Crippen LogP contribution in [-0.4, -0.2) is 34.6 Å². The van der Waals surface area contributed by atoms with Gasteiger partial charge in [-0.25, -0.2) is 4.79 Å². The molecule has 0 spiro atoms. The second-order valence-corrected chi connectivity index (χ2v) is 10.3. The predicted molar refractivity (Wildman–Crippen MR) is 143 cm³/mol. The van der Waals surface area contributed by atoms with E-state index in [1.54, 1.807) is 7.11 Å². The Hall–Kier alpha value is -3.81. The minimum atomic E-state index is -0.655. The third-order valence-electron chi connectivity index (χ3n) is 6.35. The maximum absolute atomic E-state index is 13.5. The van der Waals surface area contributed by atoms with Crippen molar-refractivity contribution in [1.82, 2.24) is 15.3 Å². The van der Waals surface area contributed by atoms with E-state index in [0.29, 0.717) is 42.0 Å².